The fourth-order valence-corrected chi connectivity index (χ4v) is 5.54. The summed E-state index contributed by atoms with van der Waals surface area (Å²) in [7, 11) is -1.25. The summed E-state index contributed by atoms with van der Waals surface area (Å²) in [6.07, 6.45) is 5.61. The second kappa shape index (κ2) is 15.7. The molecule has 1 heterocycles. The molecule has 1 aliphatic rings. The Hall–Kier alpha value is -4.02. The Morgan fingerprint density at radius 1 is 0.805 bits per heavy atom. The summed E-state index contributed by atoms with van der Waals surface area (Å²) in [4.78, 5) is 22.9. The van der Waals surface area contributed by atoms with E-state index in [0.29, 0.717) is 23.5 Å². The largest absolute Gasteiger partial charge is 0.478 e. The van der Waals surface area contributed by atoms with Crippen LogP contribution < -0.4 is 0 Å². The first-order valence-electron chi connectivity index (χ1n) is 12.9. The Morgan fingerprint density at radius 2 is 1.27 bits per heavy atom. The number of halogens is 3. The fourth-order valence-electron chi connectivity index (χ4n) is 4.35. The van der Waals surface area contributed by atoms with Crippen molar-refractivity contribution >= 4 is 22.7 Å². The van der Waals surface area contributed by atoms with Crippen LogP contribution in [0.25, 0.3) is 0 Å². The van der Waals surface area contributed by atoms with Gasteiger partial charge in [-0.2, -0.15) is 0 Å². The highest BCUT2D eigenvalue weighted by atomic mass is 32.2. The minimum absolute atomic E-state index is 0.0630. The van der Waals surface area contributed by atoms with E-state index in [9.17, 15) is 27.0 Å². The van der Waals surface area contributed by atoms with Crippen LogP contribution >= 0.6 is 0 Å². The lowest BCUT2D eigenvalue weighted by molar-refractivity contribution is -0.134. The van der Waals surface area contributed by atoms with Gasteiger partial charge in [0.2, 0.25) is 0 Å². The van der Waals surface area contributed by atoms with E-state index >= 15 is 0 Å². The van der Waals surface area contributed by atoms with Crippen LogP contribution in [-0.2, 0) is 20.4 Å². The predicted octanol–water partition coefficient (Wildman–Crippen LogP) is 6.13. The predicted molar refractivity (Wildman–Crippen MR) is 150 cm³/mol. The summed E-state index contributed by atoms with van der Waals surface area (Å²) in [5.41, 5.74) is 2.03. The Kier molecular flexibility index (Phi) is 12.1. The van der Waals surface area contributed by atoms with Crippen LogP contribution in [-0.4, -0.2) is 50.9 Å². The first kappa shape index (κ1) is 31.5. The number of carboxylic acid groups (broad SMARTS) is 2. The molecule has 216 valence electrons. The number of aliphatic carboxylic acids is 2. The van der Waals surface area contributed by atoms with E-state index < -0.39 is 22.7 Å². The summed E-state index contributed by atoms with van der Waals surface area (Å²) in [6.45, 7) is 2.42. The normalized spacial score (nSPS) is 14.3. The molecule has 1 aliphatic heterocycles. The van der Waals surface area contributed by atoms with Gasteiger partial charge in [0.05, 0.1) is 10.8 Å². The summed E-state index contributed by atoms with van der Waals surface area (Å²) in [6, 6.07) is 18.8. The number of benzene rings is 3. The molecule has 6 nitrogen and oxygen atoms in total. The molecule has 0 fully saturated rings. The molecule has 1 unspecified atom stereocenters. The van der Waals surface area contributed by atoms with Gasteiger partial charge < -0.3 is 10.2 Å². The number of carboxylic acids is 2. The van der Waals surface area contributed by atoms with Gasteiger partial charge in [0, 0.05) is 41.0 Å². The van der Waals surface area contributed by atoms with Crippen molar-refractivity contribution < 1.29 is 37.2 Å². The van der Waals surface area contributed by atoms with Crippen molar-refractivity contribution in [3.63, 3.8) is 0 Å². The van der Waals surface area contributed by atoms with Crippen molar-refractivity contribution in [2.45, 2.75) is 30.1 Å². The highest BCUT2D eigenvalue weighted by Gasteiger charge is 2.19. The molecule has 3 aromatic carbocycles. The lowest BCUT2D eigenvalue weighted by Gasteiger charge is -2.27. The third kappa shape index (κ3) is 10.5. The Morgan fingerprint density at radius 3 is 1.68 bits per heavy atom. The van der Waals surface area contributed by atoms with E-state index in [4.69, 9.17) is 10.2 Å². The van der Waals surface area contributed by atoms with Gasteiger partial charge in [-0.15, -0.1) is 0 Å². The Labute approximate surface area is 238 Å². The number of rotatable bonds is 10. The molecule has 0 amide bonds. The number of carbonyl (C=O) groups is 2. The van der Waals surface area contributed by atoms with Crippen molar-refractivity contribution in [3.05, 3.63) is 125 Å². The zero-order valence-electron chi connectivity index (χ0n) is 22.1. The standard InChI is InChI=1S/C27H26F3NOS.C4H4O4/c28-22-7-3-20(4-8-22)27(21-5-9-23(29)10-6-21)2-1-17-31-18-15-26(16-19-31)33(32)25-13-11-24(30)12-14-25;5-3(6)1-2-4(7)8/h3-15,27H,1-2,16-19H2;1-2H,(H,5,6)(H,7,8)/b;2-1+. The number of hydrogen-bond acceptors (Lipinski definition) is 4. The van der Waals surface area contributed by atoms with Gasteiger partial charge in [-0.25, -0.2) is 27.0 Å². The topological polar surface area (TPSA) is 94.9 Å². The first-order valence-corrected chi connectivity index (χ1v) is 14.0. The lowest BCUT2D eigenvalue weighted by Crippen LogP contribution is -2.30. The first-order chi connectivity index (χ1) is 19.6. The van der Waals surface area contributed by atoms with E-state index in [0.717, 1.165) is 48.5 Å². The van der Waals surface area contributed by atoms with Gasteiger partial charge in [-0.3, -0.25) is 4.90 Å². The smallest absolute Gasteiger partial charge is 0.328 e. The molecular weight excluding hydrogens is 555 g/mol. The molecule has 0 bridgehead atoms. The van der Waals surface area contributed by atoms with Gasteiger partial charge in [0.25, 0.3) is 0 Å². The Bertz CT molecular complexity index is 1330. The van der Waals surface area contributed by atoms with Gasteiger partial charge in [0.1, 0.15) is 17.5 Å². The highest BCUT2D eigenvalue weighted by Crippen LogP contribution is 2.30. The quantitative estimate of drug-likeness (QED) is 0.278. The summed E-state index contributed by atoms with van der Waals surface area (Å²) in [5.74, 6) is -3.33. The third-order valence-electron chi connectivity index (χ3n) is 6.40. The summed E-state index contributed by atoms with van der Waals surface area (Å²) in [5, 5.41) is 15.6. The van der Waals surface area contributed by atoms with Gasteiger partial charge in [-0.05, 0) is 85.5 Å². The van der Waals surface area contributed by atoms with Crippen LogP contribution in [0.15, 0.2) is 101 Å². The monoisotopic (exact) mass is 585 g/mol. The second-order valence-corrected chi connectivity index (χ2v) is 10.8. The molecule has 4 rings (SSSR count). The zero-order chi connectivity index (χ0) is 29.8. The fraction of sp³-hybridized carbons (Fsp3) is 0.226. The lowest BCUT2D eigenvalue weighted by atomic mass is 9.87. The SMILES string of the molecule is O=C(O)/C=C/C(=O)O.O=S(C1=CCN(CCCC(c2ccc(F)cc2)c2ccc(F)cc2)CC1)c1ccc(F)cc1. The summed E-state index contributed by atoms with van der Waals surface area (Å²) < 4.78 is 52.7. The van der Waals surface area contributed by atoms with Crippen molar-refractivity contribution in [3.8, 4) is 0 Å². The molecule has 0 saturated heterocycles. The Balaban J connectivity index is 0.000000507. The molecule has 41 heavy (non-hydrogen) atoms. The number of hydrogen-bond donors (Lipinski definition) is 2. The molecule has 0 spiro atoms. The maximum atomic E-state index is 13.4. The third-order valence-corrected chi connectivity index (χ3v) is 7.95. The second-order valence-electron chi connectivity index (χ2n) is 9.25. The van der Waals surface area contributed by atoms with Crippen LogP contribution in [0.2, 0.25) is 0 Å². The molecule has 0 aromatic heterocycles. The zero-order valence-corrected chi connectivity index (χ0v) is 22.9. The molecule has 10 heteroatoms. The maximum Gasteiger partial charge on any atom is 0.328 e. The number of nitrogens with zero attached hydrogens (tertiary/aromatic N) is 1. The molecular formula is C31H30F3NO5S. The minimum atomic E-state index is -1.26. The van der Waals surface area contributed by atoms with Crippen molar-refractivity contribution in [2.75, 3.05) is 19.6 Å². The van der Waals surface area contributed by atoms with Crippen LogP contribution in [0.4, 0.5) is 13.2 Å². The van der Waals surface area contributed by atoms with E-state index in [2.05, 4.69) is 4.90 Å². The van der Waals surface area contributed by atoms with E-state index in [1.54, 1.807) is 36.4 Å². The van der Waals surface area contributed by atoms with Crippen molar-refractivity contribution in [1.82, 2.24) is 4.90 Å². The van der Waals surface area contributed by atoms with Crippen molar-refractivity contribution in [2.24, 2.45) is 0 Å². The van der Waals surface area contributed by atoms with E-state index in [-0.39, 0.29) is 23.4 Å². The molecule has 3 aromatic rings. The molecule has 2 N–H and O–H groups in total. The van der Waals surface area contributed by atoms with E-state index in [1.165, 1.54) is 36.4 Å². The average Bonchev–Trinajstić information content (AvgIpc) is 2.96. The maximum absolute atomic E-state index is 13.4. The van der Waals surface area contributed by atoms with E-state index in [1.807, 2.05) is 6.08 Å². The molecule has 1 atom stereocenters. The van der Waals surface area contributed by atoms with Crippen molar-refractivity contribution in [1.29, 1.82) is 0 Å². The molecule has 0 radical (unpaired) electrons. The minimum Gasteiger partial charge on any atom is -0.478 e. The van der Waals surface area contributed by atoms with Gasteiger partial charge in [0.15, 0.2) is 0 Å². The average molecular weight is 586 g/mol. The highest BCUT2D eigenvalue weighted by molar-refractivity contribution is 7.89. The van der Waals surface area contributed by atoms with Crippen LogP contribution in [0, 0.1) is 17.5 Å². The molecule has 0 saturated carbocycles. The van der Waals surface area contributed by atoms with Gasteiger partial charge >= 0.3 is 11.9 Å². The van der Waals surface area contributed by atoms with Crippen LogP contribution in [0.3, 0.4) is 0 Å². The molecule has 0 aliphatic carbocycles. The summed E-state index contributed by atoms with van der Waals surface area (Å²) >= 11 is 0. The van der Waals surface area contributed by atoms with Crippen LogP contribution in [0.1, 0.15) is 36.3 Å². The van der Waals surface area contributed by atoms with Crippen LogP contribution in [0.5, 0.6) is 0 Å². The van der Waals surface area contributed by atoms with Gasteiger partial charge in [-0.1, -0.05) is 30.3 Å².